The van der Waals surface area contributed by atoms with Gasteiger partial charge in [0.2, 0.25) is 0 Å². The summed E-state index contributed by atoms with van der Waals surface area (Å²) in [6.07, 6.45) is 4.09. The molecule has 0 aromatic rings. The van der Waals surface area contributed by atoms with Gasteiger partial charge in [-0.2, -0.15) is 0 Å². The standard InChI is InChI=1S/C11H20N2O2/c1-13(9(7-12)8-4-5-8)11(14)10-3-2-6-15-10/h8-10H,2-7,12H2,1H3. The lowest BCUT2D eigenvalue weighted by Crippen LogP contribution is -2.47. The molecule has 0 aromatic heterocycles. The largest absolute Gasteiger partial charge is 0.368 e. The molecular weight excluding hydrogens is 192 g/mol. The van der Waals surface area contributed by atoms with Crippen LogP contribution in [-0.2, 0) is 9.53 Å². The van der Waals surface area contributed by atoms with Gasteiger partial charge >= 0.3 is 0 Å². The number of hydrogen-bond acceptors (Lipinski definition) is 3. The van der Waals surface area contributed by atoms with Gasteiger partial charge in [0.25, 0.3) is 5.91 Å². The summed E-state index contributed by atoms with van der Waals surface area (Å²) in [6.45, 7) is 1.29. The van der Waals surface area contributed by atoms with Crippen molar-refractivity contribution < 1.29 is 9.53 Å². The van der Waals surface area contributed by atoms with Gasteiger partial charge in [0.1, 0.15) is 6.10 Å². The van der Waals surface area contributed by atoms with Gasteiger partial charge in [0, 0.05) is 26.2 Å². The van der Waals surface area contributed by atoms with E-state index in [1.807, 2.05) is 11.9 Å². The van der Waals surface area contributed by atoms with E-state index in [9.17, 15) is 4.79 Å². The third-order valence-electron chi connectivity index (χ3n) is 3.46. The van der Waals surface area contributed by atoms with Gasteiger partial charge in [-0.05, 0) is 31.6 Å². The molecule has 2 rings (SSSR count). The van der Waals surface area contributed by atoms with E-state index in [2.05, 4.69) is 0 Å². The van der Waals surface area contributed by atoms with Gasteiger partial charge in [0.05, 0.1) is 0 Å². The van der Waals surface area contributed by atoms with E-state index in [1.165, 1.54) is 12.8 Å². The summed E-state index contributed by atoms with van der Waals surface area (Å²) in [5.74, 6) is 0.750. The van der Waals surface area contributed by atoms with E-state index in [-0.39, 0.29) is 18.1 Å². The molecule has 1 saturated carbocycles. The minimum absolute atomic E-state index is 0.120. The van der Waals surface area contributed by atoms with Crippen molar-refractivity contribution in [1.29, 1.82) is 0 Å². The average molecular weight is 212 g/mol. The van der Waals surface area contributed by atoms with Crippen LogP contribution >= 0.6 is 0 Å². The summed E-state index contributed by atoms with van der Waals surface area (Å²) < 4.78 is 5.40. The van der Waals surface area contributed by atoms with Crippen LogP contribution in [0.3, 0.4) is 0 Å². The van der Waals surface area contributed by atoms with Gasteiger partial charge < -0.3 is 15.4 Å². The van der Waals surface area contributed by atoms with Crippen molar-refractivity contribution in [2.75, 3.05) is 20.2 Å². The molecule has 1 aliphatic heterocycles. The highest BCUT2D eigenvalue weighted by Crippen LogP contribution is 2.35. The molecule has 0 bridgehead atoms. The van der Waals surface area contributed by atoms with E-state index in [0.29, 0.717) is 12.5 Å². The van der Waals surface area contributed by atoms with E-state index >= 15 is 0 Å². The molecule has 0 aromatic carbocycles. The predicted molar refractivity (Wildman–Crippen MR) is 57.3 cm³/mol. The third kappa shape index (κ3) is 2.32. The van der Waals surface area contributed by atoms with Crippen LogP contribution in [0.15, 0.2) is 0 Å². The van der Waals surface area contributed by atoms with Crippen molar-refractivity contribution in [3.8, 4) is 0 Å². The number of rotatable bonds is 4. The van der Waals surface area contributed by atoms with Crippen LogP contribution in [-0.4, -0.2) is 43.2 Å². The number of nitrogens with zero attached hydrogens (tertiary/aromatic N) is 1. The number of hydrogen-bond donors (Lipinski definition) is 1. The van der Waals surface area contributed by atoms with E-state index < -0.39 is 0 Å². The SMILES string of the molecule is CN(C(=O)C1CCCO1)C(CN)C1CC1. The Morgan fingerprint density at radius 1 is 1.53 bits per heavy atom. The molecule has 0 spiro atoms. The second-order valence-corrected chi connectivity index (χ2v) is 4.59. The fourth-order valence-electron chi connectivity index (χ4n) is 2.31. The summed E-state index contributed by atoms with van der Waals surface area (Å²) in [6, 6.07) is 0.224. The Kier molecular flexibility index (Phi) is 3.26. The smallest absolute Gasteiger partial charge is 0.251 e. The summed E-state index contributed by atoms with van der Waals surface area (Å²) in [5.41, 5.74) is 5.72. The Morgan fingerprint density at radius 2 is 2.27 bits per heavy atom. The minimum Gasteiger partial charge on any atom is -0.368 e. The normalized spacial score (nSPS) is 27.7. The van der Waals surface area contributed by atoms with Crippen molar-refractivity contribution in [2.45, 2.75) is 37.8 Å². The first-order valence-electron chi connectivity index (χ1n) is 5.82. The molecule has 4 heteroatoms. The first-order valence-corrected chi connectivity index (χ1v) is 5.82. The third-order valence-corrected chi connectivity index (χ3v) is 3.46. The highest BCUT2D eigenvalue weighted by molar-refractivity contribution is 5.81. The Balaban J connectivity index is 1.92. The molecule has 2 aliphatic rings. The van der Waals surface area contributed by atoms with E-state index in [1.54, 1.807) is 0 Å². The molecule has 2 atom stereocenters. The quantitative estimate of drug-likeness (QED) is 0.732. The zero-order valence-corrected chi connectivity index (χ0v) is 9.32. The number of carbonyl (C=O) groups excluding carboxylic acids is 1. The lowest BCUT2D eigenvalue weighted by molar-refractivity contribution is -0.142. The fraction of sp³-hybridized carbons (Fsp3) is 0.909. The molecule has 86 valence electrons. The Morgan fingerprint density at radius 3 is 2.73 bits per heavy atom. The van der Waals surface area contributed by atoms with Crippen LogP contribution in [0.5, 0.6) is 0 Å². The fourth-order valence-corrected chi connectivity index (χ4v) is 2.31. The number of likely N-dealkylation sites (N-methyl/N-ethyl adjacent to an activating group) is 1. The average Bonchev–Trinajstić information content (AvgIpc) is 2.93. The molecule has 1 heterocycles. The highest BCUT2D eigenvalue weighted by Gasteiger charge is 2.37. The first-order chi connectivity index (χ1) is 7.24. The maximum Gasteiger partial charge on any atom is 0.251 e. The molecule has 2 unspecified atom stereocenters. The Labute approximate surface area is 90.8 Å². The maximum atomic E-state index is 12.0. The number of ether oxygens (including phenoxy) is 1. The van der Waals surface area contributed by atoms with Crippen LogP contribution < -0.4 is 5.73 Å². The lowest BCUT2D eigenvalue weighted by atomic mass is 10.1. The molecule has 1 saturated heterocycles. The van der Waals surface area contributed by atoms with Crippen molar-refractivity contribution in [3.05, 3.63) is 0 Å². The second-order valence-electron chi connectivity index (χ2n) is 4.59. The van der Waals surface area contributed by atoms with Gasteiger partial charge in [-0.1, -0.05) is 0 Å². The Bertz CT molecular complexity index is 235. The summed E-state index contributed by atoms with van der Waals surface area (Å²) in [7, 11) is 1.86. The number of amides is 1. The molecule has 2 fully saturated rings. The minimum atomic E-state index is -0.206. The van der Waals surface area contributed by atoms with Gasteiger partial charge in [-0.15, -0.1) is 0 Å². The maximum absolute atomic E-state index is 12.0. The van der Waals surface area contributed by atoms with Crippen molar-refractivity contribution in [3.63, 3.8) is 0 Å². The predicted octanol–water partition coefficient (Wildman–Crippen LogP) is 0.361. The van der Waals surface area contributed by atoms with Crippen LogP contribution in [0, 0.1) is 5.92 Å². The van der Waals surface area contributed by atoms with Crippen molar-refractivity contribution >= 4 is 5.91 Å². The molecule has 4 nitrogen and oxygen atoms in total. The van der Waals surface area contributed by atoms with Crippen LogP contribution in [0.2, 0.25) is 0 Å². The number of nitrogens with two attached hydrogens (primary N) is 1. The van der Waals surface area contributed by atoms with Gasteiger partial charge in [-0.25, -0.2) is 0 Å². The molecular formula is C11H20N2O2. The van der Waals surface area contributed by atoms with Crippen LogP contribution in [0.25, 0.3) is 0 Å². The summed E-state index contributed by atoms with van der Waals surface area (Å²) >= 11 is 0. The lowest BCUT2D eigenvalue weighted by Gasteiger charge is -2.29. The van der Waals surface area contributed by atoms with Crippen molar-refractivity contribution in [2.24, 2.45) is 11.7 Å². The van der Waals surface area contributed by atoms with Crippen LogP contribution in [0.1, 0.15) is 25.7 Å². The summed E-state index contributed by atoms with van der Waals surface area (Å²) in [4.78, 5) is 13.8. The van der Waals surface area contributed by atoms with Gasteiger partial charge in [0.15, 0.2) is 0 Å². The van der Waals surface area contributed by atoms with Crippen molar-refractivity contribution in [1.82, 2.24) is 4.90 Å². The van der Waals surface area contributed by atoms with Crippen LogP contribution in [0.4, 0.5) is 0 Å². The van der Waals surface area contributed by atoms with Gasteiger partial charge in [-0.3, -0.25) is 4.79 Å². The summed E-state index contributed by atoms with van der Waals surface area (Å²) in [5, 5.41) is 0. The molecule has 2 N–H and O–H groups in total. The first kappa shape index (κ1) is 10.9. The zero-order chi connectivity index (χ0) is 10.8. The topological polar surface area (TPSA) is 55.6 Å². The molecule has 15 heavy (non-hydrogen) atoms. The Hall–Kier alpha value is -0.610. The second kappa shape index (κ2) is 4.49. The zero-order valence-electron chi connectivity index (χ0n) is 9.32. The molecule has 0 radical (unpaired) electrons. The monoisotopic (exact) mass is 212 g/mol. The highest BCUT2D eigenvalue weighted by atomic mass is 16.5. The number of carbonyl (C=O) groups is 1. The molecule has 1 aliphatic carbocycles. The van der Waals surface area contributed by atoms with E-state index in [0.717, 1.165) is 19.4 Å². The molecule has 1 amide bonds. The van der Waals surface area contributed by atoms with E-state index in [4.69, 9.17) is 10.5 Å².